The summed E-state index contributed by atoms with van der Waals surface area (Å²) in [6.07, 6.45) is -25.4. The van der Waals surface area contributed by atoms with E-state index >= 15 is 0 Å². The van der Waals surface area contributed by atoms with Crippen LogP contribution in [0.1, 0.15) is 13.3 Å². The SMILES string of the molecule is CC(=O)NCC(=O)NC[C@H]1O[C@@H](OC2C(O)[C@H](NC(=N)N)CC(NC(=N)N)[C@H]2O[C@H]2OC(CNC(=N)N)[C@@H](O)C(O)C2NC(=N)N)[C@@H](O)C1OC1OC(CNC(=N)N)C(O)C(O)C1NC(=N)N. The first-order valence-corrected chi connectivity index (χ1v) is 20.5. The molecule has 32 N–H and O–H groups in total. The van der Waals surface area contributed by atoms with Crippen molar-refractivity contribution in [2.24, 2.45) is 34.4 Å². The number of ether oxygens (including phenoxy) is 6. The standard InChI is InChI=1S/C33H64N20O14/c1-7(54)46-6-13(55)47-5-12-23(66-26-15(53-33(44)45)20(60)18(58)11(63-26)4-49-29(36)37)21(61)27(64-12)67-24-16(56)8(50-30(38)39)2-9(51-31(40)41)22(24)65-25-14(52-32(42)43)19(59)17(57)10(62-25)3-48-28(34)35/h8-12,14-27,56-61H,2-6H2,1H3,(H,46,54)(H,47,55)(H4,34,35,48)(H4,36,37,49)(H4,38,39,50)(H4,40,41,51)(H4,42,43,52)(H4,44,45,53)/t8-,9?,10?,11?,12-,14?,15?,16?,17-,18?,19?,20?,21+,22-,23?,24?,25-,26?,27+/m1/s1. The van der Waals surface area contributed by atoms with Gasteiger partial charge >= 0.3 is 0 Å². The minimum absolute atomic E-state index is 0.233. The average Bonchev–Trinajstić information content (AvgIpc) is 3.51. The van der Waals surface area contributed by atoms with Gasteiger partial charge in [-0.2, -0.15) is 0 Å². The van der Waals surface area contributed by atoms with Gasteiger partial charge in [-0.15, -0.1) is 0 Å². The highest BCUT2D eigenvalue weighted by atomic mass is 16.8. The van der Waals surface area contributed by atoms with E-state index in [1.165, 1.54) is 6.92 Å². The fourth-order valence-electron chi connectivity index (χ4n) is 7.83. The van der Waals surface area contributed by atoms with Gasteiger partial charge < -0.3 is 136 Å². The average molecular weight is 965 g/mol. The Hall–Kier alpha value is -5.92. The number of rotatable bonds is 18. The zero-order valence-corrected chi connectivity index (χ0v) is 35.9. The van der Waals surface area contributed by atoms with Crippen LogP contribution in [0.25, 0.3) is 0 Å². The third kappa shape index (κ3) is 14.5. The molecule has 3 aliphatic heterocycles. The van der Waals surface area contributed by atoms with Gasteiger partial charge in [0.2, 0.25) is 11.8 Å². The maximum atomic E-state index is 12.8. The number of carbonyl (C=O) groups is 2. The van der Waals surface area contributed by atoms with Crippen molar-refractivity contribution in [1.82, 2.24) is 42.5 Å². The summed E-state index contributed by atoms with van der Waals surface area (Å²) in [4.78, 5) is 24.3. The Bertz CT molecular complexity index is 1790. The van der Waals surface area contributed by atoms with Gasteiger partial charge in [0.1, 0.15) is 85.3 Å². The fourth-order valence-corrected chi connectivity index (χ4v) is 7.83. The number of guanidine groups is 6. The molecule has 0 aromatic carbocycles. The molecular formula is C33H64N20O14. The predicted molar refractivity (Wildman–Crippen MR) is 228 cm³/mol. The first-order valence-electron chi connectivity index (χ1n) is 20.5. The van der Waals surface area contributed by atoms with Gasteiger partial charge in [-0.3, -0.25) is 42.0 Å². The molecule has 1 saturated carbocycles. The monoisotopic (exact) mass is 964 g/mol. The molecule has 0 aromatic rings. The molecular weight excluding hydrogens is 900 g/mol. The van der Waals surface area contributed by atoms with E-state index in [0.29, 0.717) is 0 Å². The van der Waals surface area contributed by atoms with E-state index in [1.807, 2.05) is 0 Å². The third-order valence-corrected chi connectivity index (χ3v) is 10.9. The molecule has 1 aliphatic carbocycles. The lowest BCUT2D eigenvalue weighted by Crippen LogP contribution is -2.71. The number of amides is 2. The maximum absolute atomic E-state index is 12.8. The van der Waals surface area contributed by atoms with Crippen LogP contribution in [0.4, 0.5) is 0 Å². The molecule has 0 radical (unpaired) electrons. The zero-order valence-electron chi connectivity index (χ0n) is 35.9. The predicted octanol–water partition coefficient (Wildman–Crippen LogP) is -12.5. The van der Waals surface area contributed by atoms with Crippen molar-refractivity contribution in [3.63, 3.8) is 0 Å². The summed E-state index contributed by atoms with van der Waals surface area (Å²) < 4.78 is 37.0. The Morgan fingerprint density at radius 3 is 1.36 bits per heavy atom. The highest BCUT2D eigenvalue weighted by Crippen LogP contribution is 2.35. The van der Waals surface area contributed by atoms with Crippen LogP contribution >= 0.6 is 0 Å². The van der Waals surface area contributed by atoms with Gasteiger partial charge in [0.15, 0.2) is 54.6 Å². The van der Waals surface area contributed by atoms with Crippen molar-refractivity contribution < 1.29 is 68.6 Å². The second-order valence-electron chi connectivity index (χ2n) is 15.9. The van der Waals surface area contributed by atoms with E-state index in [4.69, 9.17) is 95.3 Å². The molecule has 2 amide bonds. The lowest BCUT2D eigenvalue weighted by atomic mass is 9.83. The normalized spacial score (nSPS) is 37.1. The fraction of sp³-hybridized carbons (Fsp3) is 0.758. The lowest BCUT2D eigenvalue weighted by Gasteiger charge is -2.49. The molecule has 4 rings (SSSR count). The number of nitrogens with two attached hydrogens (primary N) is 6. The van der Waals surface area contributed by atoms with Gasteiger partial charge in [0.25, 0.3) is 0 Å². The van der Waals surface area contributed by atoms with Crippen molar-refractivity contribution >= 4 is 47.6 Å². The summed E-state index contributed by atoms with van der Waals surface area (Å²) in [7, 11) is 0. The second-order valence-corrected chi connectivity index (χ2v) is 15.9. The van der Waals surface area contributed by atoms with Crippen molar-refractivity contribution in [2.45, 2.75) is 130 Å². The van der Waals surface area contributed by atoms with E-state index < -0.39 is 177 Å². The minimum atomic E-state index is -1.96. The van der Waals surface area contributed by atoms with E-state index in [2.05, 4.69) is 42.5 Å². The number of hydrogen-bond acceptors (Lipinski definition) is 20. The van der Waals surface area contributed by atoms with E-state index in [-0.39, 0.29) is 19.5 Å². The molecule has 0 bridgehead atoms. The Labute approximate surface area is 381 Å². The molecule has 67 heavy (non-hydrogen) atoms. The number of carbonyl (C=O) groups excluding carboxylic acids is 2. The summed E-state index contributed by atoms with van der Waals surface area (Å²) in [6.45, 7) is -0.490. The molecule has 4 aliphatic rings. The Morgan fingerprint density at radius 1 is 0.493 bits per heavy atom. The van der Waals surface area contributed by atoms with Crippen molar-refractivity contribution in [2.75, 3.05) is 26.2 Å². The molecule has 0 aromatic heterocycles. The summed E-state index contributed by atoms with van der Waals surface area (Å²) in [6, 6.07) is -5.46. The van der Waals surface area contributed by atoms with Crippen molar-refractivity contribution in [1.29, 1.82) is 32.5 Å². The Kier molecular flexibility index (Phi) is 19.0. The van der Waals surface area contributed by atoms with Crippen molar-refractivity contribution in [3.05, 3.63) is 0 Å². The number of nitrogens with one attached hydrogen (secondary N) is 14. The first kappa shape index (κ1) is 53.7. The molecule has 34 nitrogen and oxygen atoms in total. The van der Waals surface area contributed by atoms with Crippen LogP contribution in [0.2, 0.25) is 0 Å². The molecule has 3 saturated heterocycles. The lowest BCUT2D eigenvalue weighted by molar-refractivity contribution is -0.310. The molecule has 19 atom stereocenters. The van der Waals surface area contributed by atoms with E-state index in [9.17, 15) is 40.2 Å². The van der Waals surface area contributed by atoms with Crippen LogP contribution in [0.3, 0.4) is 0 Å². The summed E-state index contributed by atoms with van der Waals surface area (Å²) in [5, 5.41) is 135. The summed E-state index contributed by atoms with van der Waals surface area (Å²) in [5.41, 5.74) is 33.5. The number of aliphatic hydroxyl groups excluding tert-OH is 6. The van der Waals surface area contributed by atoms with Gasteiger partial charge in [-0.25, -0.2) is 0 Å². The molecule has 3 heterocycles. The van der Waals surface area contributed by atoms with Crippen LogP contribution in [0, 0.1) is 32.5 Å². The highest BCUT2D eigenvalue weighted by molar-refractivity contribution is 5.83. The van der Waals surface area contributed by atoms with Gasteiger partial charge in [-0.05, 0) is 6.42 Å². The summed E-state index contributed by atoms with van der Waals surface area (Å²) >= 11 is 0. The topological polar surface area (TPSA) is 606 Å². The number of hydrogen-bond donors (Lipinski definition) is 26. The van der Waals surface area contributed by atoms with E-state index in [0.717, 1.165) is 0 Å². The van der Waals surface area contributed by atoms with Crippen LogP contribution in [0.5, 0.6) is 0 Å². The highest BCUT2D eigenvalue weighted by Gasteiger charge is 2.56. The molecule has 12 unspecified atom stereocenters. The first-order chi connectivity index (χ1) is 31.4. The zero-order chi connectivity index (χ0) is 50.0. The third-order valence-electron chi connectivity index (χ3n) is 10.9. The second kappa shape index (κ2) is 23.7. The largest absolute Gasteiger partial charge is 0.388 e. The minimum Gasteiger partial charge on any atom is -0.388 e. The Balaban J connectivity index is 1.76. The maximum Gasteiger partial charge on any atom is 0.239 e. The molecule has 34 heteroatoms. The van der Waals surface area contributed by atoms with Gasteiger partial charge in [0.05, 0.1) is 18.6 Å². The summed E-state index contributed by atoms with van der Waals surface area (Å²) in [5.74, 6) is -4.96. The Morgan fingerprint density at radius 2 is 0.910 bits per heavy atom. The van der Waals surface area contributed by atoms with Crippen LogP contribution in [-0.2, 0) is 38.0 Å². The van der Waals surface area contributed by atoms with Gasteiger partial charge in [0, 0.05) is 26.6 Å². The molecule has 380 valence electrons. The van der Waals surface area contributed by atoms with Crippen LogP contribution in [-0.4, -0.2) is 221 Å². The molecule has 4 fully saturated rings. The van der Waals surface area contributed by atoms with E-state index in [1.54, 1.807) is 0 Å². The number of aliphatic hydroxyl groups is 6. The van der Waals surface area contributed by atoms with Crippen LogP contribution in [0.15, 0.2) is 0 Å². The van der Waals surface area contributed by atoms with Gasteiger partial charge in [-0.1, -0.05) is 0 Å². The quantitative estimate of drug-likeness (QED) is 0.0448. The van der Waals surface area contributed by atoms with Crippen LogP contribution < -0.4 is 76.9 Å². The smallest absolute Gasteiger partial charge is 0.239 e. The molecule has 0 spiro atoms. The van der Waals surface area contributed by atoms with Crippen molar-refractivity contribution in [3.8, 4) is 0 Å².